The van der Waals surface area contributed by atoms with Crippen LogP contribution in [-0.2, 0) is 11.3 Å². The molecular weight excluding hydrogens is 362 g/mol. The van der Waals surface area contributed by atoms with Gasteiger partial charge in [-0.25, -0.2) is 4.98 Å². The van der Waals surface area contributed by atoms with Crippen LogP contribution in [-0.4, -0.2) is 42.5 Å². The van der Waals surface area contributed by atoms with Crippen LogP contribution in [0.1, 0.15) is 11.5 Å². The number of oxazole rings is 1. The van der Waals surface area contributed by atoms with Crippen molar-refractivity contribution in [1.82, 2.24) is 9.88 Å². The SMILES string of the molecule is COc1cccc(N2CCN(Cc3nc(-c4cccs4)oc3C)CC2=O)c1. The number of rotatable bonds is 5. The minimum atomic E-state index is 0.0779. The number of benzene rings is 1. The van der Waals surface area contributed by atoms with Gasteiger partial charge in [-0.3, -0.25) is 9.69 Å². The van der Waals surface area contributed by atoms with Gasteiger partial charge in [0.05, 0.1) is 24.2 Å². The number of anilines is 1. The molecular formula is C20H21N3O3S. The first kappa shape index (κ1) is 17.8. The van der Waals surface area contributed by atoms with Crippen LogP contribution >= 0.6 is 11.3 Å². The van der Waals surface area contributed by atoms with Crippen molar-refractivity contribution < 1.29 is 13.9 Å². The van der Waals surface area contributed by atoms with Crippen LogP contribution in [0.3, 0.4) is 0 Å². The molecule has 1 aliphatic heterocycles. The van der Waals surface area contributed by atoms with Gasteiger partial charge in [0.15, 0.2) is 0 Å². The number of ether oxygens (including phenoxy) is 1. The molecule has 2 aromatic heterocycles. The molecule has 0 saturated carbocycles. The minimum Gasteiger partial charge on any atom is -0.497 e. The Morgan fingerprint density at radius 3 is 2.89 bits per heavy atom. The summed E-state index contributed by atoms with van der Waals surface area (Å²) in [5.74, 6) is 2.29. The fourth-order valence-corrected chi connectivity index (χ4v) is 3.85. The van der Waals surface area contributed by atoms with Gasteiger partial charge >= 0.3 is 0 Å². The summed E-state index contributed by atoms with van der Waals surface area (Å²) in [6, 6.07) is 11.6. The Kier molecular flexibility index (Phi) is 4.96. The maximum atomic E-state index is 12.7. The van der Waals surface area contributed by atoms with E-state index in [4.69, 9.17) is 9.15 Å². The lowest BCUT2D eigenvalue weighted by molar-refractivity contribution is -0.121. The second kappa shape index (κ2) is 7.54. The highest BCUT2D eigenvalue weighted by molar-refractivity contribution is 7.13. The molecule has 1 saturated heterocycles. The standard InChI is InChI=1S/C20H21N3O3S/c1-14-17(21-20(26-14)18-7-4-10-27-18)12-22-8-9-23(19(24)13-22)15-5-3-6-16(11-15)25-2/h3-7,10-11H,8-9,12-13H2,1-2H3. The lowest BCUT2D eigenvalue weighted by atomic mass is 10.2. The van der Waals surface area contributed by atoms with Crippen LogP contribution in [0.15, 0.2) is 46.2 Å². The Balaban J connectivity index is 1.44. The zero-order valence-electron chi connectivity index (χ0n) is 15.3. The molecule has 3 aromatic rings. The number of hydrogen-bond donors (Lipinski definition) is 0. The maximum Gasteiger partial charge on any atom is 0.241 e. The first-order chi connectivity index (χ1) is 13.1. The van der Waals surface area contributed by atoms with Crippen LogP contribution in [0.25, 0.3) is 10.8 Å². The number of aryl methyl sites for hydroxylation is 1. The Labute approximate surface area is 162 Å². The summed E-state index contributed by atoms with van der Waals surface area (Å²) in [7, 11) is 1.63. The number of hydrogen-bond acceptors (Lipinski definition) is 6. The third kappa shape index (κ3) is 3.74. The first-order valence-electron chi connectivity index (χ1n) is 8.81. The molecule has 4 rings (SSSR count). The molecule has 0 radical (unpaired) electrons. The number of thiophene rings is 1. The lowest BCUT2D eigenvalue weighted by Gasteiger charge is -2.34. The molecule has 1 fully saturated rings. The number of carbonyl (C=O) groups is 1. The van der Waals surface area contributed by atoms with E-state index in [0.29, 0.717) is 25.5 Å². The van der Waals surface area contributed by atoms with Crippen molar-refractivity contribution in [1.29, 1.82) is 0 Å². The average Bonchev–Trinajstić information content (AvgIpc) is 3.32. The summed E-state index contributed by atoms with van der Waals surface area (Å²) >= 11 is 1.60. The predicted molar refractivity (Wildman–Crippen MR) is 105 cm³/mol. The van der Waals surface area contributed by atoms with Gasteiger partial charge in [-0.05, 0) is 30.5 Å². The highest BCUT2D eigenvalue weighted by atomic mass is 32.1. The number of carbonyl (C=O) groups excluding carboxylic acids is 1. The van der Waals surface area contributed by atoms with E-state index in [1.54, 1.807) is 18.4 Å². The molecule has 1 amide bonds. The van der Waals surface area contributed by atoms with E-state index in [1.165, 1.54) is 0 Å². The van der Waals surface area contributed by atoms with Crippen molar-refractivity contribution in [2.45, 2.75) is 13.5 Å². The normalized spacial score (nSPS) is 15.3. The monoisotopic (exact) mass is 383 g/mol. The second-order valence-electron chi connectivity index (χ2n) is 6.46. The molecule has 0 atom stereocenters. The summed E-state index contributed by atoms with van der Waals surface area (Å²) in [4.78, 5) is 22.2. The van der Waals surface area contributed by atoms with Crippen molar-refractivity contribution in [2.75, 3.05) is 31.6 Å². The summed E-state index contributed by atoms with van der Waals surface area (Å²) in [6.45, 7) is 4.31. The highest BCUT2D eigenvalue weighted by Crippen LogP contribution is 2.27. The fraction of sp³-hybridized carbons (Fsp3) is 0.300. The molecule has 0 N–H and O–H groups in total. The van der Waals surface area contributed by atoms with Gasteiger partial charge in [0.2, 0.25) is 11.8 Å². The fourth-order valence-electron chi connectivity index (χ4n) is 3.20. The van der Waals surface area contributed by atoms with E-state index < -0.39 is 0 Å². The summed E-state index contributed by atoms with van der Waals surface area (Å²) in [5, 5.41) is 2.00. The molecule has 0 aliphatic carbocycles. The van der Waals surface area contributed by atoms with E-state index in [2.05, 4.69) is 9.88 Å². The molecule has 0 unspecified atom stereocenters. The molecule has 27 heavy (non-hydrogen) atoms. The Morgan fingerprint density at radius 1 is 1.26 bits per heavy atom. The number of piperazine rings is 1. The van der Waals surface area contributed by atoms with E-state index in [9.17, 15) is 4.79 Å². The molecule has 6 nitrogen and oxygen atoms in total. The second-order valence-corrected chi connectivity index (χ2v) is 7.40. The van der Waals surface area contributed by atoms with Crippen molar-refractivity contribution >= 4 is 22.9 Å². The average molecular weight is 383 g/mol. The first-order valence-corrected chi connectivity index (χ1v) is 9.69. The van der Waals surface area contributed by atoms with Gasteiger partial charge in [-0.15, -0.1) is 11.3 Å². The van der Waals surface area contributed by atoms with Gasteiger partial charge in [0, 0.05) is 31.4 Å². The minimum absolute atomic E-state index is 0.0779. The largest absolute Gasteiger partial charge is 0.497 e. The van der Waals surface area contributed by atoms with Crippen LogP contribution in [0.5, 0.6) is 5.75 Å². The topological polar surface area (TPSA) is 58.8 Å². The number of nitrogens with zero attached hydrogens (tertiary/aromatic N) is 3. The number of amides is 1. The summed E-state index contributed by atoms with van der Waals surface area (Å²) in [6.07, 6.45) is 0. The number of methoxy groups -OCH3 is 1. The van der Waals surface area contributed by atoms with Crippen LogP contribution in [0.2, 0.25) is 0 Å². The Bertz CT molecular complexity index is 936. The van der Waals surface area contributed by atoms with Gasteiger partial charge < -0.3 is 14.1 Å². The highest BCUT2D eigenvalue weighted by Gasteiger charge is 2.26. The van der Waals surface area contributed by atoms with Crippen molar-refractivity contribution in [3.8, 4) is 16.5 Å². The zero-order valence-corrected chi connectivity index (χ0v) is 16.2. The van der Waals surface area contributed by atoms with E-state index >= 15 is 0 Å². The van der Waals surface area contributed by atoms with Gasteiger partial charge in [-0.2, -0.15) is 0 Å². The van der Waals surface area contributed by atoms with E-state index in [1.807, 2.05) is 53.6 Å². The van der Waals surface area contributed by atoms with Crippen molar-refractivity contribution in [3.63, 3.8) is 0 Å². The molecule has 1 aliphatic rings. The Morgan fingerprint density at radius 2 is 2.15 bits per heavy atom. The van der Waals surface area contributed by atoms with Crippen LogP contribution in [0, 0.1) is 6.92 Å². The zero-order chi connectivity index (χ0) is 18.8. The molecule has 0 spiro atoms. The van der Waals surface area contributed by atoms with Gasteiger partial charge in [0.25, 0.3) is 0 Å². The van der Waals surface area contributed by atoms with E-state index in [0.717, 1.165) is 34.3 Å². The molecule has 1 aromatic carbocycles. The predicted octanol–water partition coefficient (Wildman–Crippen LogP) is 3.57. The van der Waals surface area contributed by atoms with Crippen LogP contribution in [0.4, 0.5) is 5.69 Å². The maximum absolute atomic E-state index is 12.7. The molecule has 3 heterocycles. The summed E-state index contributed by atoms with van der Waals surface area (Å²) in [5.41, 5.74) is 1.76. The lowest BCUT2D eigenvalue weighted by Crippen LogP contribution is -2.50. The third-order valence-electron chi connectivity index (χ3n) is 4.66. The van der Waals surface area contributed by atoms with Crippen LogP contribution < -0.4 is 9.64 Å². The Hall–Kier alpha value is -2.64. The van der Waals surface area contributed by atoms with Gasteiger partial charge in [-0.1, -0.05) is 12.1 Å². The molecule has 140 valence electrons. The number of aromatic nitrogens is 1. The van der Waals surface area contributed by atoms with Gasteiger partial charge in [0.1, 0.15) is 11.5 Å². The van der Waals surface area contributed by atoms with E-state index in [-0.39, 0.29) is 5.91 Å². The summed E-state index contributed by atoms with van der Waals surface area (Å²) < 4.78 is 11.1. The third-order valence-corrected chi connectivity index (χ3v) is 5.52. The smallest absolute Gasteiger partial charge is 0.241 e. The molecule has 0 bridgehead atoms. The molecule has 7 heteroatoms. The van der Waals surface area contributed by atoms with Crippen molar-refractivity contribution in [3.05, 3.63) is 53.2 Å². The van der Waals surface area contributed by atoms with Crippen molar-refractivity contribution in [2.24, 2.45) is 0 Å². The quantitative estimate of drug-likeness (QED) is 0.674.